The number of nitrogens with zero attached hydrogens (tertiary/aromatic N) is 3. The van der Waals surface area contributed by atoms with Crippen LogP contribution >= 0.6 is 0 Å². The summed E-state index contributed by atoms with van der Waals surface area (Å²) >= 11 is 0. The normalized spacial score (nSPS) is 12.6. The highest BCUT2D eigenvalue weighted by atomic mass is 19.1. The van der Waals surface area contributed by atoms with E-state index in [1.807, 2.05) is 0 Å². The average molecular weight is 268 g/mol. The Hall–Kier alpha value is -1.86. The van der Waals surface area contributed by atoms with E-state index >= 15 is 0 Å². The van der Waals surface area contributed by atoms with Crippen LogP contribution in [0.15, 0.2) is 30.6 Å². The lowest BCUT2D eigenvalue weighted by atomic mass is 10.1. The van der Waals surface area contributed by atoms with Crippen LogP contribution in [0.4, 0.5) is 8.78 Å². The molecule has 2 aromatic rings. The molecule has 19 heavy (non-hydrogen) atoms. The molecule has 0 aliphatic carbocycles. The fourth-order valence-corrected chi connectivity index (χ4v) is 1.72. The molecule has 0 spiro atoms. The molecule has 0 saturated carbocycles. The molecule has 7 heteroatoms. The predicted octanol–water partition coefficient (Wildman–Crippen LogP) is 0.879. The third kappa shape index (κ3) is 3.55. The summed E-state index contributed by atoms with van der Waals surface area (Å²) in [5.74, 6) is -1.49. The van der Waals surface area contributed by atoms with Gasteiger partial charge in [-0.1, -0.05) is 11.3 Å². The lowest BCUT2D eigenvalue weighted by Gasteiger charge is -2.13. The van der Waals surface area contributed by atoms with Crippen molar-refractivity contribution < 1.29 is 13.9 Å². The van der Waals surface area contributed by atoms with Crippen molar-refractivity contribution in [3.63, 3.8) is 0 Å². The highest BCUT2D eigenvalue weighted by Crippen LogP contribution is 2.19. The summed E-state index contributed by atoms with van der Waals surface area (Å²) in [5.41, 5.74) is -0.309. The quantitative estimate of drug-likeness (QED) is 0.763. The minimum atomic E-state index is -1.23. The first-order chi connectivity index (χ1) is 9.18. The smallest absolute Gasteiger partial charge is 0.131 e. The van der Waals surface area contributed by atoms with E-state index in [9.17, 15) is 13.9 Å². The van der Waals surface area contributed by atoms with E-state index < -0.39 is 17.7 Å². The van der Waals surface area contributed by atoms with Gasteiger partial charge >= 0.3 is 0 Å². The van der Waals surface area contributed by atoms with Crippen LogP contribution in [-0.4, -0.2) is 33.2 Å². The van der Waals surface area contributed by atoms with E-state index in [-0.39, 0.29) is 12.1 Å². The molecule has 1 heterocycles. The highest BCUT2D eigenvalue weighted by molar-refractivity contribution is 5.22. The summed E-state index contributed by atoms with van der Waals surface area (Å²) in [7, 11) is 0. The SMILES string of the molecule is OC(CNCCn1ccnn1)c1c(F)cccc1F. The van der Waals surface area contributed by atoms with Crippen LogP contribution in [-0.2, 0) is 6.54 Å². The molecule has 0 radical (unpaired) electrons. The summed E-state index contributed by atoms with van der Waals surface area (Å²) in [6.07, 6.45) is 2.04. The number of nitrogens with one attached hydrogen (secondary N) is 1. The third-order valence-electron chi connectivity index (χ3n) is 2.66. The van der Waals surface area contributed by atoms with Crippen LogP contribution in [0, 0.1) is 11.6 Å². The van der Waals surface area contributed by atoms with E-state index in [1.165, 1.54) is 6.07 Å². The van der Waals surface area contributed by atoms with E-state index in [2.05, 4.69) is 15.6 Å². The van der Waals surface area contributed by atoms with E-state index in [1.54, 1.807) is 17.1 Å². The summed E-state index contributed by atoms with van der Waals surface area (Å²) < 4.78 is 28.4. The zero-order valence-corrected chi connectivity index (χ0v) is 10.1. The molecule has 2 rings (SSSR count). The molecule has 2 N–H and O–H groups in total. The monoisotopic (exact) mass is 268 g/mol. The first-order valence-electron chi connectivity index (χ1n) is 5.85. The number of rotatable bonds is 6. The van der Waals surface area contributed by atoms with Gasteiger partial charge < -0.3 is 10.4 Å². The molecular weight excluding hydrogens is 254 g/mol. The molecule has 0 bridgehead atoms. The van der Waals surface area contributed by atoms with E-state index in [0.29, 0.717) is 13.1 Å². The number of aromatic nitrogens is 3. The van der Waals surface area contributed by atoms with Gasteiger partial charge in [0.1, 0.15) is 11.6 Å². The largest absolute Gasteiger partial charge is 0.387 e. The molecule has 102 valence electrons. The molecule has 1 aromatic heterocycles. The molecule has 0 amide bonds. The topological polar surface area (TPSA) is 63.0 Å². The Bertz CT molecular complexity index is 498. The lowest BCUT2D eigenvalue weighted by Crippen LogP contribution is -2.26. The maximum absolute atomic E-state index is 13.4. The Morgan fingerprint density at radius 3 is 2.68 bits per heavy atom. The molecule has 5 nitrogen and oxygen atoms in total. The second-order valence-corrected chi connectivity index (χ2v) is 4.02. The molecule has 1 unspecified atom stereocenters. The zero-order chi connectivity index (χ0) is 13.7. The van der Waals surface area contributed by atoms with Gasteiger partial charge in [0.2, 0.25) is 0 Å². The molecule has 0 aliphatic heterocycles. The van der Waals surface area contributed by atoms with Gasteiger partial charge in [-0.15, -0.1) is 5.10 Å². The summed E-state index contributed by atoms with van der Waals surface area (Å²) in [6, 6.07) is 3.51. The van der Waals surface area contributed by atoms with Crippen molar-refractivity contribution in [2.75, 3.05) is 13.1 Å². The van der Waals surface area contributed by atoms with Crippen LogP contribution in [0.1, 0.15) is 11.7 Å². The van der Waals surface area contributed by atoms with Gasteiger partial charge in [-0.25, -0.2) is 8.78 Å². The second kappa shape index (κ2) is 6.35. The third-order valence-corrected chi connectivity index (χ3v) is 2.66. The van der Waals surface area contributed by atoms with Gasteiger partial charge in [-0.2, -0.15) is 0 Å². The van der Waals surface area contributed by atoms with Crippen LogP contribution in [0.25, 0.3) is 0 Å². The Balaban J connectivity index is 1.82. The van der Waals surface area contributed by atoms with Crippen LogP contribution in [0.2, 0.25) is 0 Å². The van der Waals surface area contributed by atoms with Gasteiger partial charge in [0, 0.05) is 19.3 Å². The Kier molecular flexibility index (Phi) is 4.53. The summed E-state index contributed by atoms with van der Waals surface area (Å²) in [4.78, 5) is 0. The highest BCUT2D eigenvalue weighted by Gasteiger charge is 2.16. The number of benzene rings is 1. The first-order valence-corrected chi connectivity index (χ1v) is 5.85. The van der Waals surface area contributed by atoms with Gasteiger partial charge in [0.15, 0.2) is 0 Å². The minimum Gasteiger partial charge on any atom is -0.387 e. The van der Waals surface area contributed by atoms with Crippen molar-refractivity contribution in [3.8, 4) is 0 Å². The Morgan fingerprint density at radius 1 is 1.32 bits per heavy atom. The van der Waals surface area contributed by atoms with Crippen LogP contribution in [0.3, 0.4) is 0 Å². The van der Waals surface area contributed by atoms with Crippen LogP contribution < -0.4 is 5.32 Å². The van der Waals surface area contributed by atoms with Crippen molar-refractivity contribution in [1.82, 2.24) is 20.3 Å². The standard InChI is InChI=1S/C12H14F2N4O/c13-9-2-1-3-10(14)12(9)11(19)8-15-4-6-18-7-5-16-17-18/h1-3,5,7,11,15,19H,4,6,8H2. The zero-order valence-electron chi connectivity index (χ0n) is 10.1. The molecule has 1 aromatic carbocycles. The van der Waals surface area contributed by atoms with Crippen LogP contribution in [0.5, 0.6) is 0 Å². The first kappa shape index (κ1) is 13.6. The fraction of sp³-hybridized carbons (Fsp3) is 0.333. The van der Waals surface area contributed by atoms with E-state index in [4.69, 9.17) is 0 Å². The van der Waals surface area contributed by atoms with Crippen molar-refractivity contribution in [2.24, 2.45) is 0 Å². The summed E-state index contributed by atoms with van der Waals surface area (Å²) in [6.45, 7) is 1.13. The van der Waals surface area contributed by atoms with Gasteiger partial charge in [0.05, 0.1) is 24.4 Å². The number of aliphatic hydroxyl groups is 1. The average Bonchev–Trinajstić information content (AvgIpc) is 2.87. The van der Waals surface area contributed by atoms with Crippen molar-refractivity contribution >= 4 is 0 Å². The minimum absolute atomic E-state index is 0.0621. The number of hydrogen-bond donors (Lipinski definition) is 2. The second-order valence-electron chi connectivity index (χ2n) is 4.02. The summed E-state index contributed by atoms with van der Waals surface area (Å²) in [5, 5.41) is 20.1. The van der Waals surface area contributed by atoms with Crippen molar-refractivity contribution in [1.29, 1.82) is 0 Å². The number of halogens is 2. The lowest BCUT2D eigenvalue weighted by molar-refractivity contribution is 0.164. The Labute approximate surface area is 108 Å². The number of hydrogen-bond acceptors (Lipinski definition) is 4. The fourth-order valence-electron chi connectivity index (χ4n) is 1.72. The van der Waals surface area contributed by atoms with Gasteiger partial charge in [-0.05, 0) is 12.1 Å². The maximum atomic E-state index is 13.4. The molecule has 0 fully saturated rings. The van der Waals surface area contributed by atoms with E-state index in [0.717, 1.165) is 12.1 Å². The Morgan fingerprint density at radius 2 is 2.05 bits per heavy atom. The molecule has 0 aliphatic rings. The van der Waals surface area contributed by atoms with Gasteiger partial charge in [-0.3, -0.25) is 4.68 Å². The van der Waals surface area contributed by atoms with Crippen molar-refractivity contribution in [2.45, 2.75) is 12.6 Å². The van der Waals surface area contributed by atoms with Crippen molar-refractivity contribution in [3.05, 3.63) is 47.8 Å². The molecule has 1 atom stereocenters. The predicted molar refractivity (Wildman–Crippen MR) is 64.2 cm³/mol. The molecule has 0 saturated heterocycles. The number of aliphatic hydroxyl groups excluding tert-OH is 1. The maximum Gasteiger partial charge on any atom is 0.131 e. The van der Waals surface area contributed by atoms with Gasteiger partial charge in [0.25, 0.3) is 0 Å². The molecular formula is C12H14F2N4O.